The van der Waals surface area contributed by atoms with Gasteiger partial charge in [0.05, 0.1) is 4.90 Å². The van der Waals surface area contributed by atoms with Crippen LogP contribution in [0.25, 0.3) is 0 Å². The SMILES string of the molecule is CC(C)(C)NS(=O)(=O)c1cccc(C(=O)NNC(=O)c2ccccn2)c1. The predicted molar refractivity (Wildman–Crippen MR) is 95.7 cm³/mol. The number of benzene rings is 1. The third kappa shape index (κ3) is 5.36. The first-order valence-corrected chi connectivity index (χ1v) is 9.22. The summed E-state index contributed by atoms with van der Waals surface area (Å²) in [4.78, 5) is 27.9. The van der Waals surface area contributed by atoms with E-state index in [1.165, 1.54) is 36.5 Å². The van der Waals surface area contributed by atoms with Crippen molar-refractivity contribution in [3.05, 3.63) is 59.9 Å². The maximum absolute atomic E-state index is 12.4. The number of hydrogen-bond donors (Lipinski definition) is 3. The average molecular weight is 376 g/mol. The third-order valence-corrected chi connectivity index (χ3v) is 4.79. The van der Waals surface area contributed by atoms with Crippen molar-refractivity contribution in [3.8, 4) is 0 Å². The first-order valence-electron chi connectivity index (χ1n) is 7.74. The second-order valence-electron chi connectivity index (χ2n) is 6.51. The number of aromatic nitrogens is 1. The van der Waals surface area contributed by atoms with Crippen molar-refractivity contribution in [1.29, 1.82) is 0 Å². The fourth-order valence-electron chi connectivity index (χ4n) is 2.01. The molecule has 0 saturated heterocycles. The number of amides is 2. The molecule has 2 amide bonds. The summed E-state index contributed by atoms with van der Waals surface area (Å²) in [6.45, 7) is 5.15. The molecule has 0 bridgehead atoms. The summed E-state index contributed by atoms with van der Waals surface area (Å²) in [7, 11) is -3.78. The molecule has 0 fully saturated rings. The van der Waals surface area contributed by atoms with Crippen molar-refractivity contribution in [1.82, 2.24) is 20.6 Å². The van der Waals surface area contributed by atoms with E-state index in [9.17, 15) is 18.0 Å². The van der Waals surface area contributed by atoms with Gasteiger partial charge in [-0.05, 0) is 51.1 Å². The van der Waals surface area contributed by atoms with E-state index < -0.39 is 27.4 Å². The van der Waals surface area contributed by atoms with Crippen molar-refractivity contribution in [3.63, 3.8) is 0 Å². The Bertz CT molecular complexity index is 906. The van der Waals surface area contributed by atoms with Gasteiger partial charge in [0.25, 0.3) is 11.8 Å². The van der Waals surface area contributed by atoms with Crippen LogP contribution in [0, 0.1) is 0 Å². The van der Waals surface area contributed by atoms with Crippen LogP contribution in [0.3, 0.4) is 0 Å². The Morgan fingerprint density at radius 1 is 0.962 bits per heavy atom. The van der Waals surface area contributed by atoms with Crippen molar-refractivity contribution in [2.45, 2.75) is 31.2 Å². The highest BCUT2D eigenvalue weighted by atomic mass is 32.2. The van der Waals surface area contributed by atoms with E-state index in [1.54, 1.807) is 32.9 Å². The van der Waals surface area contributed by atoms with E-state index in [1.807, 2.05) is 0 Å². The molecule has 26 heavy (non-hydrogen) atoms. The molecule has 9 heteroatoms. The number of pyridine rings is 1. The highest BCUT2D eigenvalue weighted by Gasteiger charge is 2.22. The van der Waals surface area contributed by atoms with Gasteiger partial charge in [0.1, 0.15) is 5.69 Å². The van der Waals surface area contributed by atoms with E-state index in [-0.39, 0.29) is 16.2 Å². The van der Waals surface area contributed by atoms with Crippen molar-refractivity contribution < 1.29 is 18.0 Å². The third-order valence-electron chi connectivity index (χ3n) is 3.03. The zero-order valence-corrected chi connectivity index (χ0v) is 15.4. The average Bonchev–Trinajstić information content (AvgIpc) is 2.58. The largest absolute Gasteiger partial charge is 0.288 e. The van der Waals surface area contributed by atoms with Crippen LogP contribution in [-0.4, -0.2) is 30.8 Å². The molecule has 0 aliphatic carbocycles. The van der Waals surface area contributed by atoms with Crippen LogP contribution in [0.15, 0.2) is 53.6 Å². The van der Waals surface area contributed by atoms with E-state index in [0.29, 0.717) is 0 Å². The topological polar surface area (TPSA) is 117 Å². The Morgan fingerprint density at radius 2 is 1.65 bits per heavy atom. The zero-order chi connectivity index (χ0) is 19.4. The number of rotatable bonds is 4. The van der Waals surface area contributed by atoms with Crippen LogP contribution in [-0.2, 0) is 10.0 Å². The highest BCUT2D eigenvalue weighted by Crippen LogP contribution is 2.14. The molecule has 138 valence electrons. The lowest BCUT2D eigenvalue weighted by molar-refractivity contribution is 0.0844. The second kappa shape index (κ2) is 7.63. The molecule has 1 aromatic carbocycles. The normalized spacial score (nSPS) is 11.7. The first kappa shape index (κ1) is 19.5. The Balaban J connectivity index is 2.10. The fourth-order valence-corrected chi connectivity index (χ4v) is 3.48. The molecule has 0 saturated carbocycles. The zero-order valence-electron chi connectivity index (χ0n) is 14.6. The summed E-state index contributed by atoms with van der Waals surface area (Å²) in [5.74, 6) is -1.24. The Morgan fingerprint density at radius 3 is 2.27 bits per heavy atom. The van der Waals surface area contributed by atoms with Gasteiger partial charge in [-0.25, -0.2) is 13.1 Å². The number of nitrogens with zero attached hydrogens (tertiary/aromatic N) is 1. The molecule has 3 N–H and O–H groups in total. The van der Waals surface area contributed by atoms with E-state index >= 15 is 0 Å². The Kier molecular flexibility index (Phi) is 5.73. The number of carbonyl (C=O) groups excluding carboxylic acids is 2. The second-order valence-corrected chi connectivity index (χ2v) is 8.19. The summed E-state index contributed by atoms with van der Waals surface area (Å²) >= 11 is 0. The minimum Gasteiger partial charge on any atom is -0.267 e. The van der Waals surface area contributed by atoms with Gasteiger partial charge in [0.2, 0.25) is 10.0 Å². The molecule has 0 radical (unpaired) electrons. The van der Waals surface area contributed by atoms with E-state index in [2.05, 4.69) is 20.6 Å². The van der Waals surface area contributed by atoms with Gasteiger partial charge in [0, 0.05) is 17.3 Å². The highest BCUT2D eigenvalue weighted by molar-refractivity contribution is 7.89. The van der Waals surface area contributed by atoms with E-state index in [4.69, 9.17) is 0 Å². The molecule has 8 nitrogen and oxygen atoms in total. The molecule has 2 aromatic rings. The van der Waals surface area contributed by atoms with Crippen molar-refractivity contribution in [2.24, 2.45) is 0 Å². The van der Waals surface area contributed by atoms with Gasteiger partial charge < -0.3 is 0 Å². The maximum Gasteiger partial charge on any atom is 0.288 e. The smallest absolute Gasteiger partial charge is 0.267 e. The molecular weight excluding hydrogens is 356 g/mol. The Hall–Kier alpha value is -2.78. The molecule has 0 unspecified atom stereocenters. The number of nitrogens with one attached hydrogen (secondary N) is 3. The summed E-state index contributed by atoms with van der Waals surface area (Å²) < 4.78 is 27.2. The van der Waals surface area contributed by atoms with Crippen LogP contribution < -0.4 is 15.6 Å². The molecule has 0 atom stereocenters. The van der Waals surface area contributed by atoms with Crippen LogP contribution in [0.2, 0.25) is 0 Å². The van der Waals surface area contributed by atoms with Gasteiger partial charge >= 0.3 is 0 Å². The maximum atomic E-state index is 12.4. The molecule has 1 heterocycles. The molecule has 0 spiro atoms. The summed E-state index contributed by atoms with van der Waals surface area (Å²) in [6.07, 6.45) is 1.45. The number of sulfonamides is 1. The van der Waals surface area contributed by atoms with Crippen molar-refractivity contribution in [2.75, 3.05) is 0 Å². The van der Waals surface area contributed by atoms with Gasteiger partial charge in [-0.1, -0.05) is 12.1 Å². The summed E-state index contributed by atoms with van der Waals surface area (Å²) in [5, 5.41) is 0. The Labute approximate surface area is 152 Å². The molecule has 2 rings (SSSR count). The predicted octanol–water partition coefficient (Wildman–Crippen LogP) is 1.23. The molecule has 1 aromatic heterocycles. The van der Waals surface area contributed by atoms with Gasteiger partial charge in [-0.2, -0.15) is 0 Å². The number of hydrazine groups is 1. The molecule has 0 aliphatic heterocycles. The minimum atomic E-state index is -3.78. The van der Waals surface area contributed by atoms with Gasteiger partial charge in [0.15, 0.2) is 0 Å². The standard InChI is InChI=1S/C17H20N4O4S/c1-17(2,3)21-26(24,25)13-8-6-7-12(11-13)15(22)19-20-16(23)14-9-4-5-10-18-14/h4-11,21H,1-3H3,(H,19,22)(H,20,23). The first-order chi connectivity index (χ1) is 12.1. The lowest BCUT2D eigenvalue weighted by Crippen LogP contribution is -2.42. The van der Waals surface area contributed by atoms with Crippen LogP contribution in [0.1, 0.15) is 41.6 Å². The molecule has 0 aliphatic rings. The lowest BCUT2D eigenvalue weighted by Gasteiger charge is -2.20. The quantitative estimate of drug-likeness (QED) is 0.694. The summed E-state index contributed by atoms with van der Waals surface area (Å²) in [5.41, 5.74) is 4.02. The van der Waals surface area contributed by atoms with Gasteiger partial charge in [-0.3, -0.25) is 25.4 Å². The number of carbonyl (C=O) groups is 2. The minimum absolute atomic E-state index is 0.0453. The van der Waals surface area contributed by atoms with E-state index in [0.717, 1.165) is 0 Å². The number of hydrogen-bond acceptors (Lipinski definition) is 5. The van der Waals surface area contributed by atoms with Crippen molar-refractivity contribution >= 4 is 21.8 Å². The molecular formula is C17H20N4O4S. The van der Waals surface area contributed by atoms with Crippen LogP contribution in [0.4, 0.5) is 0 Å². The van der Waals surface area contributed by atoms with Gasteiger partial charge in [-0.15, -0.1) is 0 Å². The monoisotopic (exact) mass is 376 g/mol. The lowest BCUT2D eigenvalue weighted by atomic mass is 10.1. The summed E-state index contributed by atoms with van der Waals surface area (Å²) in [6, 6.07) is 10.3. The fraction of sp³-hybridized carbons (Fsp3) is 0.235. The van der Waals surface area contributed by atoms with Crippen LogP contribution in [0.5, 0.6) is 0 Å². The van der Waals surface area contributed by atoms with Crippen LogP contribution >= 0.6 is 0 Å².